The normalized spacial score (nSPS) is 12.0. The summed E-state index contributed by atoms with van der Waals surface area (Å²) in [7, 11) is 3.85. The van der Waals surface area contributed by atoms with E-state index in [0.29, 0.717) is 12.6 Å². The molecule has 0 radical (unpaired) electrons. The molecule has 0 heterocycles. The van der Waals surface area contributed by atoms with E-state index in [-0.39, 0.29) is 24.3 Å². The summed E-state index contributed by atoms with van der Waals surface area (Å²) in [6.07, 6.45) is 0. The predicted octanol–water partition coefficient (Wildman–Crippen LogP) is 2.76. The molecule has 1 amide bonds. The number of carbonyl (C=O) groups excluding carboxylic acids is 1. The Balaban J connectivity index is 1.87. The molecule has 1 N–H and O–H groups in total. The summed E-state index contributed by atoms with van der Waals surface area (Å²) in [4.78, 5) is 13.9. The van der Waals surface area contributed by atoms with Gasteiger partial charge in [-0.05, 0) is 31.8 Å². The molecule has 0 spiro atoms. The minimum atomic E-state index is -0.835. The maximum absolute atomic E-state index is 13.4. The molecule has 0 fully saturated rings. The van der Waals surface area contributed by atoms with E-state index in [4.69, 9.17) is 4.74 Å². The Bertz CT molecular complexity index is 678. The number of carbonyl (C=O) groups is 1. The zero-order valence-corrected chi connectivity index (χ0v) is 13.6. The molecule has 1 atom stereocenters. The SMILES string of the molecule is CN(C)C(CNC(=O)COc1ccc(F)cc1F)c1ccccc1. The van der Waals surface area contributed by atoms with Gasteiger partial charge >= 0.3 is 0 Å². The Hall–Kier alpha value is -2.47. The highest BCUT2D eigenvalue weighted by molar-refractivity contribution is 5.77. The smallest absolute Gasteiger partial charge is 0.258 e. The number of hydrogen-bond donors (Lipinski definition) is 1. The molecular formula is C18H20F2N2O2. The monoisotopic (exact) mass is 334 g/mol. The summed E-state index contributed by atoms with van der Waals surface area (Å²) in [5.74, 6) is -2.06. The Morgan fingerprint density at radius 3 is 2.50 bits per heavy atom. The third-order valence-electron chi connectivity index (χ3n) is 3.55. The van der Waals surface area contributed by atoms with Crippen LogP contribution in [0.5, 0.6) is 5.75 Å². The molecule has 2 aromatic carbocycles. The van der Waals surface area contributed by atoms with Gasteiger partial charge in [-0.1, -0.05) is 30.3 Å². The molecule has 1 unspecified atom stereocenters. The number of nitrogens with one attached hydrogen (secondary N) is 1. The zero-order chi connectivity index (χ0) is 17.5. The van der Waals surface area contributed by atoms with Crippen molar-refractivity contribution in [2.75, 3.05) is 27.2 Å². The van der Waals surface area contributed by atoms with Crippen LogP contribution in [0.1, 0.15) is 11.6 Å². The summed E-state index contributed by atoms with van der Waals surface area (Å²) in [5.41, 5.74) is 1.08. The lowest BCUT2D eigenvalue weighted by Gasteiger charge is -2.25. The molecule has 0 aliphatic heterocycles. The average molecular weight is 334 g/mol. The quantitative estimate of drug-likeness (QED) is 0.847. The van der Waals surface area contributed by atoms with Gasteiger partial charge in [-0.2, -0.15) is 0 Å². The molecule has 0 saturated carbocycles. The van der Waals surface area contributed by atoms with E-state index in [2.05, 4.69) is 5.32 Å². The molecule has 0 aliphatic carbocycles. The second kappa shape index (κ2) is 8.40. The van der Waals surface area contributed by atoms with Crippen molar-refractivity contribution < 1.29 is 18.3 Å². The number of hydrogen-bond acceptors (Lipinski definition) is 3. The van der Waals surface area contributed by atoms with Gasteiger partial charge in [0, 0.05) is 12.6 Å². The van der Waals surface area contributed by atoms with Crippen molar-refractivity contribution in [2.45, 2.75) is 6.04 Å². The topological polar surface area (TPSA) is 41.6 Å². The lowest BCUT2D eigenvalue weighted by atomic mass is 10.1. The van der Waals surface area contributed by atoms with Gasteiger partial charge in [0.1, 0.15) is 5.82 Å². The van der Waals surface area contributed by atoms with Crippen LogP contribution in [0.3, 0.4) is 0 Å². The fourth-order valence-electron chi connectivity index (χ4n) is 2.27. The summed E-state index contributed by atoms with van der Waals surface area (Å²) in [5, 5.41) is 2.76. The number of amides is 1. The summed E-state index contributed by atoms with van der Waals surface area (Å²) in [6, 6.07) is 12.7. The summed E-state index contributed by atoms with van der Waals surface area (Å²) in [6.45, 7) is 0.0581. The van der Waals surface area contributed by atoms with Gasteiger partial charge in [0.25, 0.3) is 5.91 Å². The van der Waals surface area contributed by atoms with Gasteiger partial charge in [-0.25, -0.2) is 8.78 Å². The molecule has 2 rings (SSSR count). The van der Waals surface area contributed by atoms with Crippen molar-refractivity contribution >= 4 is 5.91 Å². The van der Waals surface area contributed by atoms with Crippen LogP contribution in [0.25, 0.3) is 0 Å². The fraction of sp³-hybridized carbons (Fsp3) is 0.278. The van der Waals surface area contributed by atoms with Crippen molar-refractivity contribution in [2.24, 2.45) is 0 Å². The number of likely N-dealkylation sites (N-methyl/N-ethyl adjacent to an activating group) is 1. The Morgan fingerprint density at radius 2 is 1.88 bits per heavy atom. The van der Waals surface area contributed by atoms with Gasteiger partial charge in [-0.3, -0.25) is 4.79 Å². The minimum absolute atomic E-state index is 0.0118. The van der Waals surface area contributed by atoms with E-state index in [0.717, 1.165) is 17.7 Å². The average Bonchev–Trinajstić information content (AvgIpc) is 2.55. The molecule has 0 aromatic heterocycles. The van der Waals surface area contributed by atoms with Crippen molar-refractivity contribution in [3.63, 3.8) is 0 Å². The van der Waals surface area contributed by atoms with E-state index in [9.17, 15) is 13.6 Å². The highest BCUT2D eigenvalue weighted by atomic mass is 19.1. The molecule has 6 heteroatoms. The molecule has 128 valence electrons. The van der Waals surface area contributed by atoms with Crippen LogP contribution in [-0.2, 0) is 4.79 Å². The van der Waals surface area contributed by atoms with Crippen LogP contribution < -0.4 is 10.1 Å². The first-order valence-corrected chi connectivity index (χ1v) is 7.53. The largest absolute Gasteiger partial charge is 0.481 e. The van der Waals surface area contributed by atoms with E-state index in [1.54, 1.807) is 0 Å². The summed E-state index contributed by atoms with van der Waals surface area (Å²) < 4.78 is 31.3. The van der Waals surface area contributed by atoms with Crippen LogP contribution in [0, 0.1) is 11.6 Å². The van der Waals surface area contributed by atoms with E-state index in [1.165, 1.54) is 0 Å². The van der Waals surface area contributed by atoms with Crippen LogP contribution >= 0.6 is 0 Å². The number of ether oxygens (including phenoxy) is 1. The van der Waals surface area contributed by atoms with Gasteiger partial charge in [-0.15, -0.1) is 0 Å². The third kappa shape index (κ3) is 5.03. The first-order valence-electron chi connectivity index (χ1n) is 7.53. The van der Waals surface area contributed by atoms with Crippen molar-refractivity contribution in [3.05, 3.63) is 65.7 Å². The molecule has 0 bridgehead atoms. The number of rotatable bonds is 7. The predicted molar refractivity (Wildman–Crippen MR) is 87.7 cm³/mol. The van der Waals surface area contributed by atoms with Gasteiger partial charge < -0.3 is 15.0 Å². The molecule has 24 heavy (non-hydrogen) atoms. The van der Waals surface area contributed by atoms with Gasteiger partial charge in [0.2, 0.25) is 0 Å². The van der Waals surface area contributed by atoms with Gasteiger partial charge in [0.05, 0.1) is 6.04 Å². The number of nitrogens with zero attached hydrogens (tertiary/aromatic N) is 1. The van der Waals surface area contributed by atoms with E-state index >= 15 is 0 Å². The van der Waals surface area contributed by atoms with E-state index < -0.39 is 11.6 Å². The fourth-order valence-corrected chi connectivity index (χ4v) is 2.27. The van der Waals surface area contributed by atoms with Crippen molar-refractivity contribution in [3.8, 4) is 5.75 Å². The minimum Gasteiger partial charge on any atom is -0.481 e. The highest BCUT2D eigenvalue weighted by Crippen LogP contribution is 2.18. The highest BCUT2D eigenvalue weighted by Gasteiger charge is 2.15. The molecule has 0 saturated heterocycles. The van der Waals surface area contributed by atoms with Crippen LogP contribution in [0.2, 0.25) is 0 Å². The second-order valence-corrected chi connectivity index (χ2v) is 5.56. The lowest BCUT2D eigenvalue weighted by molar-refractivity contribution is -0.123. The Kier molecular flexibility index (Phi) is 6.26. The van der Waals surface area contributed by atoms with Crippen molar-refractivity contribution in [1.29, 1.82) is 0 Å². The maximum Gasteiger partial charge on any atom is 0.258 e. The van der Waals surface area contributed by atoms with Crippen molar-refractivity contribution in [1.82, 2.24) is 10.2 Å². The van der Waals surface area contributed by atoms with Crippen LogP contribution in [0.4, 0.5) is 8.78 Å². The van der Waals surface area contributed by atoms with Gasteiger partial charge in [0.15, 0.2) is 18.2 Å². The molecule has 4 nitrogen and oxygen atoms in total. The summed E-state index contributed by atoms with van der Waals surface area (Å²) >= 11 is 0. The maximum atomic E-state index is 13.4. The first-order chi connectivity index (χ1) is 11.5. The Morgan fingerprint density at radius 1 is 1.17 bits per heavy atom. The molecule has 0 aliphatic rings. The standard InChI is InChI=1S/C18H20F2N2O2/c1-22(2)16(13-6-4-3-5-7-13)11-21-18(23)12-24-17-9-8-14(19)10-15(17)20/h3-10,16H,11-12H2,1-2H3,(H,21,23). The van der Waals surface area contributed by atoms with E-state index in [1.807, 2.05) is 49.3 Å². The second-order valence-electron chi connectivity index (χ2n) is 5.56. The lowest BCUT2D eigenvalue weighted by Crippen LogP contribution is -2.36. The molecular weight excluding hydrogens is 314 g/mol. The third-order valence-corrected chi connectivity index (χ3v) is 3.55. The number of benzene rings is 2. The zero-order valence-electron chi connectivity index (χ0n) is 13.6. The Labute approximate surface area is 140 Å². The van der Waals surface area contributed by atoms with Crippen LogP contribution in [-0.4, -0.2) is 38.1 Å². The first kappa shape index (κ1) is 17.9. The molecule has 2 aromatic rings. The van der Waals surface area contributed by atoms with Crippen LogP contribution in [0.15, 0.2) is 48.5 Å². The number of halogens is 2.